The minimum absolute atomic E-state index is 0.105. The minimum atomic E-state index is -4.65. The number of nitrogens with zero attached hydrogens (tertiary/aromatic N) is 1. The van der Waals surface area contributed by atoms with Crippen molar-refractivity contribution in [2.45, 2.75) is 17.7 Å². The number of hydrogen-bond acceptors (Lipinski definition) is 5. The van der Waals surface area contributed by atoms with Crippen LogP contribution in [0.3, 0.4) is 0 Å². The van der Waals surface area contributed by atoms with Crippen molar-refractivity contribution in [3.05, 3.63) is 65.0 Å². The van der Waals surface area contributed by atoms with Gasteiger partial charge in [0.05, 0.1) is 29.2 Å². The van der Waals surface area contributed by atoms with Crippen LogP contribution in [0, 0.1) is 5.82 Å². The van der Waals surface area contributed by atoms with Gasteiger partial charge in [-0.3, -0.25) is 0 Å². The van der Waals surface area contributed by atoms with Gasteiger partial charge in [-0.05, 0) is 24.3 Å². The van der Waals surface area contributed by atoms with Gasteiger partial charge in [0.15, 0.2) is 0 Å². The third-order valence-corrected chi connectivity index (χ3v) is 6.34. The maximum atomic E-state index is 14.1. The molecule has 6 nitrogen and oxygen atoms in total. The van der Waals surface area contributed by atoms with Crippen LogP contribution in [0.2, 0.25) is 0 Å². The molecule has 1 aliphatic heterocycles. The van der Waals surface area contributed by atoms with Gasteiger partial charge in [-0.1, -0.05) is 18.2 Å². The van der Waals surface area contributed by atoms with Crippen LogP contribution < -0.4 is 0 Å². The van der Waals surface area contributed by atoms with E-state index in [1.54, 1.807) is 0 Å². The smallest absolute Gasteiger partial charge is 0.416 e. The van der Waals surface area contributed by atoms with Gasteiger partial charge in [0.25, 0.3) is 0 Å². The van der Waals surface area contributed by atoms with Crippen LogP contribution in [0.15, 0.2) is 47.4 Å². The van der Waals surface area contributed by atoms with Crippen LogP contribution in [0.5, 0.6) is 0 Å². The summed E-state index contributed by atoms with van der Waals surface area (Å²) in [5.74, 6) is -2.33. The van der Waals surface area contributed by atoms with Gasteiger partial charge in [-0.15, -0.1) is 0 Å². The third kappa shape index (κ3) is 4.79. The lowest BCUT2D eigenvalue weighted by Crippen LogP contribution is -2.40. The molecule has 1 saturated heterocycles. The van der Waals surface area contributed by atoms with Crippen LogP contribution in [-0.4, -0.2) is 45.0 Å². The van der Waals surface area contributed by atoms with Gasteiger partial charge in [0, 0.05) is 18.7 Å². The van der Waals surface area contributed by atoms with Crippen LogP contribution in [-0.2, 0) is 32.3 Å². The van der Waals surface area contributed by atoms with E-state index in [0.29, 0.717) is 0 Å². The number of morpholine rings is 1. The Morgan fingerprint density at radius 1 is 1.10 bits per heavy atom. The number of hydrogen-bond donors (Lipinski definition) is 0. The molecule has 0 saturated carbocycles. The summed E-state index contributed by atoms with van der Waals surface area (Å²) in [4.78, 5) is 12.0. The Bertz CT molecular complexity index is 1030. The van der Waals surface area contributed by atoms with Crippen molar-refractivity contribution in [3.63, 3.8) is 0 Å². The Balaban J connectivity index is 1.81. The van der Waals surface area contributed by atoms with Gasteiger partial charge >= 0.3 is 12.1 Å². The van der Waals surface area contributed by atoms with E-state index >= 15 is 0 Å². The van der Waals surface area contributed by atoms with Gasteiger partial charge in [0.1, 0.15) is 12.4 Å². The van der Waals surface area contributed by atoms with Crippen LogP contribution in [0.25, 0.3) is 0 Å². The highest BCUT2D eigenvalue weighted by atomic mass is 32.2. The molecule has 0 amide bonds. The van der Waals surface area contributed by atoms with E-state index in [4.69, 9.17) is 9.47 Å². The molecule has 1 fully saturated rings. The van der Waals surface area contributed by atoms with Crippen molar-refractivity contribution in [2.24, 2.45) is 0 Å². The number of sulfonamides is 1. The maximum absolute atomic E-state index is 14.1. The van der Waals surface area contributed by atoms with Crippen LogP contribution in [0.4, 0.5) is 17.6 Å². The van der Waals surface area contributed by atoms with Gasteiger partial charge < -0.3 is 9.47 Å². The second-order valence-electron chi connectivity index (χ2n) is 6.39. The highest BCUT2D eigenvalue weighted by Gasteiger charge is 2.33. The summed E-state index contributed by atoms with van der Waals surface area (Å²) in [6.07, 6.45) is -4.65. The number of esters is 1. The predicted molar refractivity (Wildman–Crippen MR) is 96.5 cm³/mol. The van der Waals surface area contributed by atoms with Crippen LogP contribution >= 0.6 is 0 Å². The topological polar surface area (TPSA) is 72.9 Å². The Hall–Kier alpha value is -2.50. The monoisotopic (exact) mass is 447 g/mol. The highest BCUT2D eigenvalue weighted by Crippen LogP contribution is 2.32. The first-order valence-corrected chi connectivity index (χ1v) is 10.2. The molecular formula is C19H17F4NO5S. The second-order valence-corrected chi connectivity index (χ2v) is 8.33. The van der Waals surface area contributed by atoms with Gasteiger partial charge in [-0.25, -0.2) is 17.6 Å². The molecule has 0 bridgehead atoms. The summed E-state index contributed by atoms with van der Waals surface area (Å²) >= 11 is 0. The van der Waals surface area contributed by atoms with E-state index in [-0.39, 0.29) is 36.8 Å². The number of halogens is 4. The summed E-state index contributed by atoms with van der Waals surface area (Å²) in [5, 5.41) is 0. The SMILES string of the molecule is O=C(OCc1ccccc1C(F)(F)F)c1cc(S(=O)(=O)N2CCOCC2)ccc1F. The average Bonchev–Trinajstić information content (AvgIpc) is 2.72. The highest BCUT2D eigenvalue weighted by molar-refractivity contribution is 7.89. The number of alkyl halides is 3. The molecule has 1 aliphatic rings. The second kappa shape index (κ2) is 8.70. The lowest BCUT2D eigenvalue weighted by atomic mass is 10.1. The van der Waals surface area contributed by atoms with Crippen molar-refractivity contribution in [1.82, 2.24) is 4.31 Å². The summed E-state index contributed by atoms with van der Waals surface area (Å²) < 4.78 is 89.7. The summed E-state index contributed by atoms with van der Waals surface area (Å²) in [5.41, 5.74) is -1.98. The number of ether oxygens (including phenoxy) is 2. The molecule has 3 rings (SSSR count). The Kier molecular flexibility index (Phi) is 6.44. The van der Waals surface area contributed by atoms with Crippen molar-refractivity contribution in [2.75, 3.05) is 26.3 Å². The molecular weight excluding hydrogens is 430 g/mol. The normalized spacial score (nSPS) is 15.7. The molecule has 2 aromatic carbocycles. The fourth-order valence-corrected chi connectivity index (χ4v) is 4.34. The van der Waals surface area contributed by atoms with Gasteiger partial charge in [0.2, 0.25) is 10.0 Å². The molecule has 0 aromatic heterocycles. The fourth-order valence-electron chi connectivity index (χ4n) is 2.90. The molecule has 0 radical (unpaired) electrons. The van der Waals surface area contributed by atoms with Crippen molar-refractivity contribution in [3.8, 4) is 0 Å². The third-order valence-electron chi connectivity index (χ3n) is 4.45. The zero-order valence-corrected chi connectivity index (χ0v) is 16.3. The first-order chi connectivity index (χ1) is 14.1. The molecule has 2 aromatic rings. The first kappa shape index (κ1) is 22.2. The summed E-state index contributed by atoms with van der Waals surface area (Å²) in [6.45, 7) is -0.141. The number of benzene rings is 2. The summed E-state index contributed by atoms with van der Waals surface area (Å²) in [6, 6.07) is 7.12. The minimum Gasteiger partial charge on any atom is -0.457 e. The lowest BCUT2D eigenvalue weighted by Gasteiger charge is -2.26. The van der Waals surface area contributed by atoms with E-state index in [0.717, 1.165) is 34.6 Å². The van der Waals surface area contributed by atoms with Gasteiger partial charge in [-0.2, -0.15) is 17.5 Å². The standard InChI is InChI=1S/C19H17F4NO5S/c20-17-6-5-14(30(26,27)24-7-9-28-10-8-24)11-15(17)18(25)29-12-13-3-1-2-4-16(13)19(21,22)23/h1-6,11H,7-10,12H2. The van der Waals surface area contributed by atoms with E-state index in [9.17, 15) is 30.8 Å². The lowest BCUT2D eigenvalue weighted by molar-refractivity contribution is -0.138. The number of rotatable bonds is 5. The fraction of sp³-hybridized carbons (Fsp3) is 0.316. The van der Waals surface area contributed by atoms with Crippen molar-refractivity contribution >= 4 is 16.0 Å². The molecule has 0 aliphatic carbocycles. The van der Waals surface area contributed by atoms with E-state index < -0.39 is 45.7 Å². The van der Waals surface area contributed by atoms with Crippen molar-refractivity contribution in [1.29, 1.82) is 0 Å². The maximum Gasteiger partial charge on any atom is 0.416 e. The quantitative estimate of drug-likeness (QED) is 0.520. The molecule has 0 N–H and O–H groups in total. The number of carbonyl (C=O) groups excluding carboxylic acids is 1. The largest absolute Gasteiger partial charge is 0.457 e. The Labute approximate surface area is 170 Å². The molecule has 0 spiro atoms. The zero-order chi connectivity index (χ0) is 21.9. The molecule has 30 heavy (non-hydrogen) atoms. The predicted octanol–water partition coefficient (Wildman–Crippen LogP) is 3.22. The summed E-state index contributed by atoms with van der Waals surface area (Å²) in [7, 11) is -4.00. The Morgan fingerprint density at radius 2 is 1.77 bits per heavy atom. The van der Waals surface area contributed by atoms with E-state index in [1.807, 2.05) is 0 Å². The molecule has 0 atom stereocenters. The molecule has 1 heterocycles. The first-order valence-electron chi connectivity index (χ1n) is 8.80. The van der Waals surface area contributed by atoms with E-state index in [2.05, 4.69) is 0 Å². The number of carbonyl (C=O) groups is 1. The Morgan fingerprint density at radius 3 is 2.43 bits per heavy atom. The zero-order valence-electron chi connectivity index (χ0n) is 15.5. The molecule has 11 heteroatoms. The average molecular weight is 447 g/mol. The molecule has 162 valence electrons. The van der Waals surface area contributed by atoms with E-state index in [1.165, 1.54) is 12.1 Å². The van der Waals surface area contributed by atoms with Crippen LogP contribution in [0.1, 0.15) is 21.5 Å². The molecule has 0 unspecified atom stereocenters. The van der Waals surface area contributed by atoms with Crippen molar-refractivity contribution < 1.29 is 40.2 Å².